The van der Waals surface area contributed by atoms with Gasteiger partial charge in [-0.25, -0.2) is 18.0 Å². The number of carbonyl (C=O) groups excluding carboxylic acids is 4. The molecule has 13 heteroatoms. The summed E-state index contributed by atoms with van der Waals surface area (Å²) in [7, 11) is -2.70. The first-order chi connectivity index (χ1) is 21.7. The van der Waals surface area contributed by atoms with E-state index in [0.717, 1.165) is 5.56 Å². The Morgan fingerprint density at radius 3 is 2.26 bits per heavy atom. The number of sulfonamides is 1. The predicted octanol–water partition coefficient (Wildman–Crippen LogP) is 3.63. The van der Waals surface area contributed by atoms with Crippen molar-refractivity contribution in [2.45, 2.75) is 82.4 Å². The van der Waals surface area contributed by atoms with Gasteiger partial charge in [-0.05, 0) is 83.2 Å². The summed E-state index contributed by atoms with van der Waals surface area (Å²) in [6, 6.07) is 11.4. The molecule has 12 nitrogen and oxygen atoms in total. The van der Waals surface area contributed by atoms with Gasteiger partial charge in [0.05, 0.1) is 12.0 Å². The Bertz CT molecular complexity index is 1530. The van der Waals surface area contributed by atoms with Gasteiger partial charge in [-0.15, -0.1) is 0 Å². The van der Waals surface area contributed by atoms with Gasteiger partial charge >= 0.3 is 12.1 Å². The van der Waals surface area contributed by atoms with Gasteiger partial charge in [0.15, 0.2) is 0 Å². The van der Waals surface area contributed by atoms with Crippen molar-refractivity contribution in [2.24, 2.45) is 5.92 Å². The minimum atomic E-state index is -3.92. The van der Waals surface area contributed by atoms with E-state index in [4.69, 9.17) is 9.47 Å². The van der Waals surface area contributed by atoms with Crippen molar-refractivity contribution in [3.8, 4) is 0 Å². The van der Waals surface area contributed by atoms with Crippen LogP contribution in [-0.4, -0.2) is 85.9 Å². The largest absolute Gasteiger partial charge is 0.467 e. The standard InChI is InChI=1S/C33H44N4O8S/c1-22-11-13-26(14-12-22)46(42,43)37-17-7-10-28(37)30(39)35-27(31(40)44-5)21-23-8-6-9-25(20-23)34-29(38)24-15-18-36(19-16-24)32(41)45-33(2,3)4/h6,8-9,11-14,20,24,27-28H,7,10,15-19,21H2,1-5H3,(H,34,38)(H,35,39)/t27-,28-/m0/s1. The summed E-state index contributed by atoms with van der Waals surface area (Å²) in [5, 5.41) is 5.64. The Kier molecular flexibility index (Phi) is 11.1. The molecule has 2 atom stereocenters. The number of aryl methyl sites for hydroxylation is 1. The summed E-state index contributed by atoms with van der Waals surface area (Å²) in [5.74, 6) is -1.71. The van der Waals surface area contributed by atoms with E-state index in [-0.39, 0.29) is 35.8 Å². The first kappa shape index (κ1) is 34.9. The van der Waals surface area contributed by atoms with Crippen LogP contribution in [0.4, 0.5) is 10.5 Å². The maximum Gasteiger partial charge on any atom is 0.410 e. The SMILES string of the molecule is COC(=O)[C@H](Cc1cccc(NC(=O)C2CCN(C(=O)OC(C)(C)C)CC2)c1)NC(=O)[C@@H]1CCCN1S(=O)(=O)c1ccc(C)cc1. The molecule has 2 N–H and O–H groups in total. The quantitative estimate of drug-likeness (QED) is 0.389. The molecule has 2 saturated heterocycles. The number of nitrogens with zero attached hydrogens (tertiary/aromatic N) is 2. The maximum absolute atomic E-state index is 13.4. The van der Waals surface area contributed by atoms with E-state index < -0.39 is 39.6 Å². The Labute approximate surface area is 270 Å². The first-order valence-corrected chi connectivity index (χ1v) is 17.0. The van der Waals surface area contributed by atoms with Crippen LogP contribution in [0.25, 0.3) is 0 Å². The first-order valence-electron chi connectivity index (χ1n) is 15.5. The number of anilines is 1. The third-order valence-corrected chi connectivity index (χ3v) is 10.0. The molecule has 0 aliphatic carbocycles. The number of methoxy groups -OCH3 is 1. The number of likely N-dealkylation sites (tertiary alicyclic amines) is 1. The molecular weight excluding hydrogens is 612 g/mol. The second-order valence-electron chi connectivity index (χ2n) is 12.8. The Balaban J connectivity index is 1.38. The van der Waals surface area contributed by atoms with E-state index in [9.17, 15) is 27.6 Å². The minimum Gasteiger partial charge on any atom is -0.467 e. The number of benzene rings is 2. The van der Waals surface area contributed by atoms with Crippen molar-refractivity contribution >= 4 is 39.6 Å². The van der Waals surface area contributed by atoms with Crippen LogP contribution in [0, 0.1) is 12.8 Å². The fourth-order valence-electron chi connectivity index (χ4n) is 5.65. The van der Waals surface area contributed by atoms with Crippen molar-refractivity contribution in [1.82, 2.24) is 14.5 Å². The van der Waals surface area contributed by atoms with Gasteiger partial charge in [-0.1, -0.05) is 29.8 Å². The van der Waals surface area contributed by atoms with Crippen LogP contribution in [0.5, 0.6) is 0 Å². The average Bonchev–Trinajstić information content (AvgIpc) is 3.51. The van der Waals surface area contributed by atoms with Gasteiger partial charge in [-0.2, -0.15) is 4.31 Å². The fourth-order valence-corrected chi connectivity index (χ4v) is 7.30. The number of hydrogen-bond acceptors (Lipinski definition) is 8. The van der Waals surface area contributed by atoms with E-state index in [0.29, 0.717) is 50.0 Å². The molecule has 2 heterocycles. The zero-order valence-electron chi connectivity index (χ0n) is 27.1. The molecule has 3 amide bonds. The minimum absolute atomic E-state index is 0.0633. The van der Waals surface area contributed by atoms with Crippen LogP contribution in [0.2, 0.25) is 0 Å². The summed E-state index contributed by atoms with van der Waals surface area (Å²) in [4.78, 5) is 53.3. The number of rotatable bonds is 9. The van der Waals surface area contributed by atoms with Crippen LogP contribution in [0.15, 0.2) is 53.4 Å². The number of ether oxygens (including phenoxy) is 2. The van der Waals surface area contributed by atoms with Crippen LogP contribution < -0.4 is 10.6 Å². The summed E-state index contributed by atoms with van der Waals surface area (Å²) in [6.07, 6.45) is 1.50. The molecule has 250 valence electrons. The number of amides is 3. The molecule has 0 aromatic heterocycles. The number of nitrogens with one attached hydrogen (secondary N) is 2. The van der Waals surface area contributed by atoms with E-state index >= 15 is 0 Å². The molecule has 0 spiro atoms. The monoisotopic (exact) mass is 656 g/mol. The number of carbonyl (C=O) groups is 4. The van der Waals surface area contributed by atoms with Crippen LogP contribution in [0.3, 0.4) is 0 Å². The number of hydrogen-bond donors (Lipinski definition) is 2. The second-order valence-corrected chi connectivity index (χ2v) is 14.7. The van der Waals surface area contributed by atoms with Crippen molar-refractivity contribution in [3.63, 3.8) is 0 Å². The molecule has 0 saturated carbocycles. The maximum atomic E-state index is 13.4. The average molecular weight is 657 g/mol. The number of piperidine rings is 1. The van der Waals surface area contributed by atoms with E-state index in [1.54, 1.807) is 41.3 Å². The Morgan fingerprint density at radius 1 is 0.957 bits per heavy atom. The Hall–Kier alpha value is -3.97. The van der Waals surface area contributed by atoms with Crippen molar-refractivity contribution < 1.29 is 37.1 Å². The van der Waals surface area contributed by atoms with Gasteiger partial charge < -0.3 is 25.0 Å². The van der Waals surface area contributed by atoms with Gasteiger partial charge in [0.1, 0.15) is 17.7 Å². The molecule has 0 radical (unpaired) electrons. The highest BCUT2D eigenvalue weighted by atomic mass is 32.2. The van der Waals surface area contributed by atoms with Gasteiger partial charge in [-0.3, -0.25) is 9.59 Å². The van der Waals surface area contributed by atoms with E-state index in [1.807, 2.05) is 27.7 Å². The number of esters is 1. The molecule has 2 aromatic carbocycles. The zero-order chi connectivity index (χ0) is 33.6. The summed E-state index contributed by atoms with van der Waals surface area (Å²) in [6.45, 7) is 8.31. The molecular formula is C33H44N4O8S. The highest BCUT2D eigenvalue weighted by molar-refractivity contribution is 7.89. The molecule has 2 aliphatic heterocycles. The van der Waals surface area contributed by atoms with Crippen molar-refractivity contribution in [3.05, 3.63) is 59.7 Å². The highest BCUT2D eigenvalue weighted by Crippen LogP contribution is 2.27. The molecule has 0 unspecified atom stereocenters. The summed E-state index contributed by atoms with van der Waals surface area (Å²) < 4.78 is 38.3. The van der Waals surface area contributed by atoms with Crippen LogP contribution in [0.1, 0.15) is 57.6 Å². The third-order valence-electron chi connectivity index (χ3n) is 8.09. The fraction of sp³-hybridized carbons (Fsp3) is 0.515. The second kappa shape index (κ2) is 14.6. The lowest BCUT2D eigenvalue weighted by molar-refractivity contribution is -0.145. The predicted molar refractivity (Wildman–Crippen MR) is 171 cm³/mol. The van der Waals surface area contributed by atoms with Gasteiger partial charge in [0.25, 0.3) is 0 Å². The lowest BCUT2D eigenvalue weighted by Crippen LogP contribution is -2.51. The van der Waals surface area contributed by atoms with E-state index in [1.165, 1.54) is 23.5 Å². The molecule has 4 rings (SSSR count). The highest BCUT2D eigenvalue weighted by Gasteiger charge is 2.40. The molecule has 2 fully saturated rings. The normalized spacial score (nSPS) is 18.5. The van der Waals surface area contributed by atoms with E-state index in [2.05, 4.69) is 10.6 Å². The van der Waals surface area contributed by atoms with Gasteiger partial charge in [0.2, 0.25) is 21.8 Å². The smallest absolute Gasteiger partial charge is 0.410 e. The Morgan fingerprint density at radius 2 is 1.63 bits per heavy atom. The van der Waals surface area contributed by atoms with Crippen molar-refractivity contribution in [1.29, 1.82) is 0 Å². The summed E-state index contributed by atoms with van der Waals surface area (Å²) in [5.41, 5.74) is 1.51. The molecule has 2 aliphatic rings. The van der Waals surface area contributed by atoms with Crippen molar-refractivity contribution in [2.75, 3.05) is 32.1 Å². The van der Waals surface area contributed by atoms with Gasteiger partial charge in [0, 0.05) is 37.7 Å². The van der Waals surface area contributed by atoms with Crippen LogP contribution >= 0.6 is 0 Å². The lowest BCUT2D eigenvalue weighted by atomic mass is 9.96. The molecule has 2 aromatic rings. The van der Waals surface area contributed by atoms with Crippen LogP contribution in [-0.2, 0) is 40.3 Å². The molecule has 0 bridgehead atoms. The lowest BCUT2D eigenvalue weighted by Gasteiger charge is -2.32. The molecule has 46 heavy (non-hydrogen) atoms. The zero-order valence-corrected chi connectivity index (χ0v) is 27.9. The summed E-state index contributed by atoms with van der Waals surface area (Å²) >= 11 is 0. The third kappa shape index (κ3) is 8.85. The topological polar surface area (TPSA) is 151 Å².